The molecule has 0 N–H and O–H groups in total. The molecule has 0 fully saturated rings. The zero-order valence-electron chi connectivity index (χ0n) is 12.6. The van der Waals surface area contributed by atoms with Gasteiger partial charge < -0.3 is 9.47 Å². The summed E-state index contributed by atoms with van der Waals surface area (Å²) < 4.78 is 2.93. The molecule has 0 aliphatic heterocycles. The number of hydrogen-bond acceptors (Lipinski definition) is 2. The smallest absolute Gasteiger partial charge is 0.270 e. The molecule has 2 aromatic heterocycles. The van der Waals surface area contributed by atoms with E-state index in [0.717, 1.165) is 10.9 Å². The highest BCUT2D eigenvalue weighted by molar-refractivity contribution is 9.10. The Morgan fingerprint density at radius 1 is 1.38 bits per heavy atom. The molecule has 4 nitrogen and oxygen atoms in total. The summed E-state index contributed by atoms with van der Waals surface area (Å²) in [5.41, 5.74) is 1.90. The van der Waals surface area contributed by atoms with Gasteiger partial charge in [-0.2, -0.15) is 0 Å². The van der Waals surface area contributed by atoms with Gasteiger partial charge in [0, 0.05) is 42.7 Å². The first kappa shape index (κ1) is 15.8. The van der Waals surface area contributed by atoms with Crippen molar-refractivity contribution in [3.63, 3.8) is 0 Å². The van der Waals surface area contributed by atoms with Gasteiger partial charge >= 0.3 is 0 Å². The van der Waals surface area contributed by atoms with Crippen molar-refractivity contribution in [1.29, 1.82) is 0 Å². The molecule has 0 aromatic carbocycles. The van der Waals surface area contributed by atoms with Gasteiger partial charge in [-0.1, -0.05) is 0 Å². The molecule has 0 spiro atoms. The van der Waals surface area contributed by atoms with Crippen molar-refractivity contribution in [2.24, 2.45) is 0 Å². The fourth-order valence-corrected chi connectivity index (χ4v) is 2.63. The molecule has 0 radical (unpaired) electrons. The van der Waals surface area contributed by atoms with Crippen molar-refractivity contribution in [3.8, 4) is 0 Å². The lowest BCUT2D eigenvalue weighted by Crippen LogP contribution is -2.30. The Labute approximate surface area is 133 Å². The third-order valence-electron chi connectivity index (χ3n) is 3.42. The summed E-state index contributed by atoms with van der Waals surface area (Å²) in [6.07, 6.45) is 6.33. The van der Waals surface area contributed by atoms with Crippen molar-refractivity contribution in [1.82, 2.24) is 14.5 Å². The van der Waals surface area contributed by atoms with Crippen molar-refractivity contribution in [2.45, 2.75) is 26.3 Å². The highest BCUT2D eigenvalue weighted by Crippen LogP contribution is 2.20. The van der Waals surface area contributed by atoms with Gasteiger partial charge in [0.2, 0.25) is 0 Å². The summed E-state index contributed by atoms with van der Waals surface area (Å²) in [4.78, 5) is 18.3. The molecule has 0 aliphatic rings. The second-order valence-electron chi connectivity index (χ2n) is 5.38. The monoisotopic (exact) mass is 349 g/mol. The van der Waals surface area contributed by atoms with E-state index in [-0.39, 0.29) is 11.9 Å². The van der Waals surface area contributed by atoms with E-state index in [0.29, 0.717) is 12.2 Å². The van der Waals surface area contributed by atoms with Gasteiger partial charge in [-0.05, 0) is 60.0 Å². The molecule has 2 rings (SSSR count). The molecule has 0 unspecified atom stereocenters. The highest BCUT2D eigenvalue weighted by Gasteiger charge is 2.18. The van der Waals surface area contributed by atoms with Crippen LogP contribution in [0.4, 0.5) is 0 Å². The maximum Gasteiger partial charge on any atom is 0.270 e. The Hall–Kier alpha value is -1.62. The summed E-state index contributed by atoms with van der Waals surface area (Å²) in [6.45, 7) is 4.82. The van der Waals surface area contributed by atoms with Crippen molar-refractivity contribution in [2.75, 3.05) is 13.6 Å². The van der Waals surface area contributed by atoms with E-state index in [1.165, 1.54) is 5.56 Å². The zero-order chi connectivity index (χ0) is 15.4. The number of carbonyl (C=O) groups excluding carboxylic acids is 1. The van der Waals surface area contributed by atoms with Gasteiger partial charge in [0.05, 0.1) is 0 Å². The number of halogens is 1. The summed E-state index contributed by atoms with van der Waals surface area (Å²) in [6, 6.07) is 6.09. The number of aromatic nitrogens is 2. The Morgan fingerprint density at radius 3 is 2.67 bits per heavy atom. The molecule has 0 saturated carbocycles. The lowest BCUT2D eigenvalue weighted by Gasteiger charge is -2.19. The van der Waals surface area contributed by atoms with Crippen LogP contribution in [0.5, 0.6) is 0 Å². The summed E-state index contributed by atoms with van der Waals surface area (Å²) in [5, 5.41) is 0. The fraction of sp³-hybridized carbons (Fsp3) is 0.375. The van der Waals surface area contributed by atoms with E-state index in [4.69, 9.17) is 0 Å². The number of rotatable bonds is 5. The number of carbonyl (C=O) groups is 1. The first-order valence-corrected chi connectivity index (χ1v) is 7.80. The van der Waals surface area contributed by atoms with Gasteiger partial charge in [-0.25, -0.2) is 0 Å². The second kappa shape index (κ2) is 6.89. The van der Waals surface area contributed by atoms with Crippen LogP contribution >= 0.6 is 15.9 Å². The largest absolute Gasteiger partial charge is 0.340 e. The predicted octanol–water partition coefficient (Wildman–Crippen LogP) is 3.54. The average molecular weight is 350 g/mol. The van der Waals surface area contributed by atoms with Crippen LogP contribution in [0.15, 0.2) is 41.3 Å². The standard InChI is InChI=1S/C16H20BrN3O/c1-12(2)20-11-14(17)10-15(20)16(21)19(3)9-6-13-4-7-18-8-5-13/h4-5,7-8,10-12H,6,9H2,1-3H3. The molecule has 0 atom stereocenters. The molecular formula is C16H20BrN3O. The van der Waals surface area contributed by atoms with E-state index >= 15 is 0 Å². The minimum absolute atomic E-state index is 0.0449. The molecule has 0 aliphatic carbocycles. The third kappa shape index (κ3) is 3.94. The number of amides is 1. The van der Waals surface area contributed by atoms with Crippen LogP contribution in [-0.2, 0) is 6.42 Å². The minimum atomic E-state index is 0.0449. The summed E-state index contributed by atoms with van der Waals surface area (Å²) >= 11 is 3.45. The van der Waals surface area contributed by atoms with Crippen LogP contribution in [0.3, 0.4) is 0 Å². The Morgan fingerprint density at radius 2 is 2.05 bits per heavy atom. The Kier molecular flexibility index (Phi) is 5.17. The Bertz CT molecular complexity index is 607. The maximum absolute atomic E-state index is 12.6. The number of nitrogens with zero attached hydrogens (tertiary/aromatic N) is 3. The number of hydrogen-bond donors (Lipinski definition) is 0. The fourth-order valence-electron chi connectivity index (χ4n) is 2.19. The van der Waals surface area contributed by atoms with Gasteiger partial charge in [-0.15, -0.1) is 0 Å². The highest BCUT2D eigenvalue weighted by atomic mass is 79.9. The van der Waals surface area contributed by atoms with Crippen molar-refractivity contribution in [3.05, 3.63) is 52.5 Å². The second-order valence-corrected chi connectivity index (χ2v) is 6.29. The molecule has 2 aromatic rings. The van der Waals surface area contributed by atoms with Gasteiger partial charge in [0.25, 0.3) is 5.91 Å². The molecule has 0 bridgehead atoms. The zero-order valence-corrected chi connectivity index (χ0v) is 14.2. The number of likely N-dealkylation sites (N-methyl/N-ethyl adjacent to an activating group) is 1. The lowest BCUT2D eigenvalue weighted by molar-refractivity contribution is 0.0784. The Balaban J connectivity index is 2.06. The van der Waals surface area contributed by atoms with Gasteiger partial charge in [0.15, 0.2) is 0 Å². The first-order chi connectivity index (χ1) is 9.99. The normalized spacial score (nSPS) is 10.9. The minimum Gasteiger partial charge on any atom is -0.340 e. The molecule has 5 heteroatoms. The summed E-state index contributed by atoms with van der Waals surface area (Å²) in [7, 11) is 1.84. The topological polar surface area (TPSA) is 38.1 Å². The van der Waals surface area contributed by atoms with Crippen LogP contribution in [-0.4, -0.2) is 34.0 Å². The van der Waals surface area contributed by atoms with Crippen LogP contribution < -0.4 is 0 Å². The van der Waals surface area contributed by atoms with E-state index in [9.17, 15) is 4.79 Å². The molecule has 112 valence electrons. The molecule has 1 amide bonds. The van der Waals surface area contributed by atoms with E-state index < -0.39 is 0 Å². The van der Waals surface area contributed by atoms with E-state index in [2.05, 4.69) is 34.8 Å². The molecule has 2 heterocycles. The predicted molar refractivity (Wildman–Crippen MR) is 87.4 cm³/mol. The van der Waals surface area contributed by atoms with Crippen molar-refractivity contribution < 1.29 is 4.79 Å². The maximum atomic E-state index is 12.6. The number of pyridine rings is 1. The average Bonchev–Trinajstić information content (AvgIpc) is 2.87. The molecular weight excluding hydrogens is 330 g/mol. The van der Waals surface area contributed by atoms with E-state index in [1.54, 1.807) is 17.3 Å². The van der Waals surface area contributed by atoms with Gasteiger partial charge in [0.1, 0.15) is 5.69 Å². The molecule has 0 saturated heterocycles. The van der Waals surface area contributed by atoms with Crippen LogP contribution in [0.1, 0.15) is 35.9 Å². The van der Waals surface area contributed by atoms with Gasteiger partial charge in [-0.3, -0.25) is 9.78 Å². The van der Waals surface area contributed by atoms with Crippen LogP contribution in [0, 0.1) is 0 Å². The SMILES string of the molecule is CC(C)n1cc(Br)cc1C(=O)N(C)CCc1ccncc1. The molecule has 21 heavy (non-hydrogen) atoms. The van der Waals surface area contributed by atoms with Crippen LogP contribution in [0.2, 0.25) is 0 Å². The summed E-state index contributed by atoms with van der Waals surface area (Å²) in [5.74, 6) is 0.0449. The van der Waals surface area contributed by atoms with Crippen molar-refractivity contribution >= 4 is 21.8 Å². The first-order valence-electron chi connectivity index (χ1n) is 7.00. The van der Waals surface area contributed by atoms with E-state index in [1.807, 2.05) is 36.0 Å². The lowest BCUT2D eigenvalue weighted by atomic mass is 10.2. The third-order valence-corrected chi connectivity index (χ3v) is 3.86. The quantitative estimate of drug-likeness (QED) is 0.827. The van der Waals surface area contributed by atoms with Crippen LogP contribution in [0.25, 0.3) is 0 Å².